The molecule has 0 aliphatic heterocycles. The topological polar surface area (TPSA) is 12.0 Å². The van der Waals surface area contributed by atoms with E-state index in [4.69, 9.17) is 0 Å². The molecule has 1 rings (SSSR count). The SMILES string of the molecule is CSCC(C)NC1CCCC(C)(C)C1. The van der Waals surface area contributed by atoms with Gasteiger partial charge < -0.3 is 5.32 Å². The van der Waals surface area contributed by atoms with Gasteiger partial charge in [0.1, 0.15) is 0 Å². The first-order chi connectivity index (χ1) is 6.53. The van der Waals surface area contributed by atoms with Gasteiger partial charge in [-0.3, -0.25) is 0 Å². The molecule has 1 aliphatic rings. The Hall–Kier alpha value is 0.310. The highest BCUT2D eigenvalue weighted by atomic mass is 32.2. The van der Waals surface area contributed by atoms with Crippen molar-refractivity contribution in [3.8, 4) is 0 Å². The molecule has 2 atom stereocenters. The van der Waals surface area contributed by atoms with E-state index >= 15 is 0 Å². The number of hydrogen-bond donors (Lipinski definition) is 1. The zero-order chi connectivity index (χ0) is 10.6. The normalized spacial score (nSPS) is 28.7. The number of thioether (sulfide) groups is 1. The summed E-state index contributed by atoms with van der Waals surface area (Å²) in [4.78, 5) is 0. The van der Waals surface area contributed by atoms with Crippen LogP contribution in [0, 0.1) is 5.41 Å². The van der Waals surface area contributed by atoms with E-state index in [1.165, 1.54) is 31.4 Å². The molecule has 14 heavy (non-hydrogen) atoms. The van der Waals surface area contributed by atoms with Crippen LogP contribution < -0.4 is 5.32 Å². The number of nitrogens with one attached hydrogen (secondary N) is 1. The summed E-state index contributed by atoms with van der Waals surface area (Å²) in [6, 6.07) is 1.43. The quantitative estimate of drug-likeness (QED) is 0.772. The number of hydrogen-bond acceptors (Lipinski definition) is 2. The fourth-order valence-corrected chi connectivity index (χ4v) is 3.14. The summed E-state index contributed by atoms with van der Waals surface area (Å²) in [6.07, 6.45) is 7.72. The minimum atomic E-state index is 0.564. The van der Waals surface area contributed by atoms with E-state index in [0.717, 1.165) is 6.04 Å². The number of rotatable bonds is 4. The Bertz CT molecular complexity index is 168. The van der Waals surface area contributed by atoms with Gasteiger partial charge in [-0.2, -0.15) is 11.8 Å². The van der Waals surface area contributed by atoms with Crippen LogP contribution in [0.4, 0.5) is 0 Å². The van der Waals surface area contributed by atoms with Crippen molar-refractivity contribution in [2.24, 2.45) is 5.41 Å². The molecule has 1 saturated carbocycles. The Balaban J connectivity index is 2.30. The van der Waals surface area contributed by atoms with Crippen LogP contribution in [-0.4, -0.2) is 24.1 Å². The molecule has 2 unspecified atom stereocenters. The van der Waals surface area contributed by atoms with Crippen molar-refractivity contribution < 1.29 is 0 Å². The van der Waals surface area contributed by atoms with Crippen LogP contribution in [0.15, 0.2) is 0 Å². The average molecular weight is 215 g/mol. The maximum atomic E-state index is 3.75. The summed E-state index contributed by atoms with van der Waals surface area (Å²) < 4.78 is 0. The first-order valence-corrected chi connectivity index (χ1v) is 7.18. The predicted molar refractivity (Wildman–Crippen MR) is 67.0 cm³/mol. The Morgan fingerprint density at radius 2 is 2.21 bits per heavy atom. The third-order valence-electron chi connectivity index (χ3n) is 3.14. The summed E-state index contributed by atoms with van der Waals surface area (Å²) >= 11 is 1.94. The molecule has 2 heteroatoms. The smallest absolute Gasteiger partial charge is 0.0132 e. The second-order valence-corrected chi connectivity index (χ2v) is 6.39. The minimum absolute atomic E-state index is 0.564. The second kappa shape index (κ2) is 5.41. The van der Waals surface area contributed by atoms with Gasteiger partial charge in [0, 0.05) is 17.8 Å². The molecule has 0 spiro atoms. The van der Waals surface area contributed by atoms with E-state index in [1.807, 2.05) is 11.8 Å². The van der Waals surface area contributed by atoms with Crippen LogP contribution >= 0.6 is 11.8 Å². The van der Waals surface area contributed by atoms with Crippen LogP contribution in [0.5, 0.6) is 0 Å². The molecule has 0 aromatic carbocycles. The first-order valence-electron chi connectivity index (χ1n) is 5.78. The lowest BCUT2D eigenvalue weighted by molar-refractivity contribution is 0.193. The zero-order valence-corrected chi connectivity index (χ0v) is 10.9. The van der Waals surface area contributed by atoms with Crippen LogP contribution in [0.3, 0.4) is 0 Å². The van der Waals surface area contributed by atoms with Crippen LogP contribution in [-0.2, 0) is 0 Å². The van der Waals surface area contributed by atoms with Gasteiger partial charge in [-0.05, 0) is 37.9 Å². The Morgan fingerprint density at radius 1 is 1.50 bits per heavy atom. The molecule has 0 saturated heterocycles. The van der Waals surface area contributed by atoms with Gasteiger partial charge in [-0.15, -0.1) is 0 Å². The van der Waals surface area contributed by atoms with Crippen molar-refractivity contribution in [2.45, 2.75) is 58.5 Å². The largest absolute Gasteiger partial charge is 0.311 e. The maximum absolute atomic E-state index is 3.75. The van der Waals surface area contributed by atoms with Gasteiger partial charge in [0.2, 0.25) is 0 Å². The van der Waals surface area contributed by atoms with Crippen LogP contribution in [0.1, 0.15) is 46.5 Å². The minimum Gasteiger partial charge on any atom is -0.311 e. The van der Waals surface area contributed by atoms with Gasteiger partial charge in [-0.25, -0.2) is 0 Å². The molecule has 84 valence electrons. The Morgan fingerprint density at radius 3 is 2.79 bits per heavy atom. The molecular weight excluding hydrogens is 190 g/mol. The van der Waals surface area contributed by atoms with E-state index in [1.54, 1.807) is 0 Å². The summed E-state index contributed by atoms with van der Waals surface area (Å²) in [7, 11) is 0. The van der Waals surface area contributed by atoms with E-state index in [2.05, 4.69) is 32.3 Å². The summed E-state index contributed by atoms with van der Waals surface area (Å²) in [5, 5.41) is 3.75. The zero-order valence-electron chi connectivity index (χ0n) is 10.1. The van der Waals surface area contributed by atoms with Crippen molar-refractivity contribution in [1.82, 2.24) is 5.32 Å². The fraction of sp³-hybridized carbons (Fsp3) is 1.00. The fourth-order valence-electron chi connectivity index (χ4n) is 2.54. The molecule has 0 aromatic rings. The third kappa shape index (κ3) is 4.22. The standard InChI is InChI=1S/C12H25NS/c1-10(9-14-4)13-11-6-5-7-12(2,3)8-11/h10-11,13H,5-9H2,1-4H3. The summed E-state index contributed by atoms with van der Waals surface area (Å²) in [5.41, 5.74) is 0.564. The van der Waals surface area contributed by atoms with Gasteiger partial charge in [0.15, 0.2) is 0 Å². The van der Waals surface area contributed by atoms with Gasteiger partial charge in [-0.1, -0.05) is 20.3 Å². The van der Waals surface area contributed by atoms with Crippen molar-refractivity contribution >= 4 is 11.8 Å². The lowest BCUT2D eigenvalue weighted by Gasteiger charge is -2.37. The van der Waals surface area contributed by atoms with Crippen molar-refractivity contribution in [3.05, 3.63) is 0 Å². The Labute approximate surface area is 93.4 Å². The maximum Gasteiger partial charge on any atom is 0.0132 e. The van der Waals surface area contributed by atoms with E-state index in [-0.39, 0.29) is 0 Å². The Kier molecular flexibility index (Phi) is 4.78. The molecule has 1 N–H and O–H groups in total. The molecule has 0 aromatic heterocycles. The molecule has 0 radical (unpaired) electrons. The highest BCUT2D eigenvalue weighted by Crippen LogP contribution is 2.35. The van der Waals surface area contributed by atoms with Gasteiger partial charge >= 0.3 is 0 Å². The second-order valence-electron chi connectivity index (χ2n) is 5.48. The lowest BCUT2D eigenvalue weighted by atomic mass is 9.75. The molecule has 1 fully saturated rings. The molecule has 0 bridgehead atoms. The monoisotopic (exact) mass is 215 g/mol. The van der Waals surface area contributed by atoms with Crippen molar-refractivity contribution in [1.29, 1.82) is 0 Å². The molecule has 0 amide bonds. The predicted octanol–water partition coefficient (Wildman–Crippen LogP) is 3.30. The van der Waals surface area contributed by atoms with Crippen molar-refractivity contribution in [3.63, 3.8) is 0 Å². The lowest BCUT2D eigenvalue weighted by Crippen LogP contribution is -2.42. The van der Waals surface area contributed by atoms with Gasteiger partial charge in [0.25, 0.3) is 0 Å². The first kappa shape index (κ1) is 12.4. The molecule has 1 nitrogen and oxygen atoms in total. The van der Waals surface area contributed by atoms with E-state index in [9.17, 15) is 0 Å². The van der Waals surface area contributed by atoms with Gasteiger partial charge in [0.05, 0.1) is 0 Å². The highest BCUT2D eigenvalue weighted by molar-refractivity contribution is 7.98. The molecule has 0 heterocycles. The summed E-state index contributed by atoms with van der Waals surface area (Å²) in [5.74, 6) is 1.23. The third-order valence-corrected chi connectivity index (χ3v) is 3.98. The van der Waals surface area contributed by atoms with Crippen LogP contribution in [0.25, 0.3) is 0 Å². The average Bonchev–Trinajstić information content (AvgIpc) is 2.02. The molecule has 1 aliphatic carbocycles. The molecular formula is C12H25NS. The van der Waals surface area contributed by atoms with Crippen LogP contribution in [0.2, 0.25) is 0 Å². The van der Waals surface area contributed by atoms with E-state index < -0.39 is 0 Å². The highest BCUT2D eigenvalue weighted by Gasteiger charge is 2.28. The van der Waals surface area contributed by atoms with Crippen molar-refractivity contribution in [2.75, 3.05) is 12.0 Å². The summed E-state index contributed by atoms with van der Waals surface area (Å²) in [6.45, 7) is 7.11. The van der Waals surface area contributed by atoms with E-state index in [0.29, 0.717) is 11.5 Å².